The van der Waals surface area contributed by atoms with E-state index in [0.717, 1.165) is 15.4 Å². The van der Waals surface area contributed by atoms with Crippen LogP contribution < -0.4 is 9.62 Å². The van der Waals surface area contributed by atoms with Crippen LogP contribution in [0.4, 0.5) is 10.1 Å². The molecule has 0 unspecified atom stereocenters. The third-order valence-corrected chi connectivity index (χ3v) is 9.50. The molecule has 4 rings (SSSR count). The molecule has 0 bridgehead atoms. The number of halogens is 3. The molecule has 4 aromatic carbocycles. The number of hydrogen-bond acceptors (Lipinski definition) is 4. The fourth-order valence-corrected chi connectivity index (χ4v) is 6.75. The smallest absolute Gasteiger partial charge is 0.264 e. The highest BCUT2D eigenvalue weighted by atomic mass is 35.5. The summed E-state index contributed by atoms with van der Waals surface area (Å²) in [4.78, 5) is 29.5. The summed E-state index contributed by atoms with van der Waals surface area (Å²) in [5.74, 6) is -1.61. The van der Waals surface area contributed by atoms with Crippen LogP contribution in [-0.2, 0) is 32.6 Å². The van der Waals surface area contributed by atoms with Gasteiger partial charge in [-0.3, -0.25) is 13.9 Å². The quantitative estimate of drug-likeness (QED) is 0.164. The number of aryl methyl sites for hydroxylation is 1. The molecule has 7 nitrogen and oxygen atoms in total. The van der Waals surface area contributed by atoms with Crippen molar-refractivity contribution in [2.24, 2.45) is 5.92 Å². The molecular formula is C35H36Cl2FN3O4S. The minimum atomic E-state index is -4.35. The van der Waals surface area contributed by atoms with E-state index in [-0.39, 0.29) is 45.1 Å². The van der Waals surface area contributed by atoms with Crippen molar-refractivity contribution in [1.29, 1.82) is 0 Å². The molecule has 0 radical (unpaired) electrons. The van der Waals surface area contributed by atoms with Gasteiger partial charge in [-0.2, -0.15) is 0 Å². The van der Waals surface area contributed by atoms with E-state index < -0.39 is 40.2 Å². The summed E-state index contributed by atoms with van der Waals surface area (Å²) >= 11 is 12.6. The fourth-order valence-electron chi connectivity index (χ4n) is 4.84. The van der Waals surface area contributed by atoms with E-state index in [9.17, 15) is 18.0 Å². The van der Waals surface area contributed by atoms with Gasteiger partial charge in [0.25, 0.3) is 10.0 Å². The van der Waals surface area contributed by atoms with Crippen LogP contribution in [0.15, 0.2) is 102 Å². The maximum absolute atomic E-state index is 15.0. The molecule has 4 aromatic rings. The number of rotatable bonds is 13. The van der Waals surface area contributed by atoms with E-state index in [4.69, 9.17) is 23.2 Å². The molecule has 1 atom stereocenters. The van der Waals surface area contributed by atoms with Gasteiger partial charge in [0.2, 0.25) is 11.8 Å². The minimum absolute atomic E-state index is 0.0566. The first-order valence-corrected chi connectivity index (χ1v) is 16.9. The van der Waals surface area contributed by atoms with Gasteiger partial charge in [0.1, 0.15) is 18.4 Å². The van der Waals surface area contributed by atoms with Crippen LogP contribution in [0.2, 0.25) is 10.0 Å². The Bertz CT molecular complexity index is 1750. The number of benzene rings is 4. The predicted molar refractivity (Wildman–Crippen MR) is 181 cm³/mol. The Kier molecular flexibility index (Phi) is 11.8. The van der Waals surface area contributed by atoms with E-state index in [2.05, 4.69) is 5.32 Å². The molecule has 46 heavy (non-hydrogen) atoms. The average Bonchev–Trinajstić information content (AvgIpc) is 3.01. The third kappa shape index (κ3) is 9.09. The Morgan fingerprint density at radius 2 is 1.48 bits per heavy atom. The lowest BCUT2D eigenvalue weighted by atomic mass is 10.0. The second kappa shape index (κ2) is 15.6. The number of nitrogens with one attached hydrogen (secondary N) is 1. The van der Waals surface area contributed by atoms with Gasteiger partial charge in [-0.05, 0) is 54.8 Å². The molecule has 2 amide bonds. The largest absolute Gasteiger partial charge is 0.354 e. The number of carbonyl (C=O) groups excluding carboxylic acids is 2. The Labute approximate surface area is 280 Å². The average molecular weight is 685 g/mol. The molecule has 0 heterocycles. The number of sulfonamides is 1. The van der Waals surface area contributed by atoms with Gasteiger partial charge in [0.05, 0.1) is 10.6 Å². The molecule has 0 saturated heterocycles. The first kappa shape index (κ1) is 34.9. The molecule has 0 saturated carbocycles. The molecular weight excluding hydrogens is 648 g/mol. The van der Waals surface area contributed by atoms with Gasteiger partial charge >= 0.3 is 0 Å². The Balaban J connectivity index is 1.83. The van der Waals surface area contributed by atoms with Crippen molar-refractivity contribution in [1.82, 2.24) is 10.2 Å². The van der Waals surface area contributed by atoms with Crippen LogP contribution in [0.25, 0.3) is 0 Å². The zero-order valence-corrected chi connectivity index (χ0v) is 28.1. The van der Waals surface area contributed by atoms with Gasteiger partial charge in [0.15, 0.2) is 0 Å². The molecule has 242 valence electrons. The topological polar surface area (TPSA) is 86.8 Å². The van der Waals surface area contributed by atoms with Crippen LogP contribution in [0.5, 0.6) is 0 Å². The highest BCUT2D eigenvalue weighted by molar-refractivity contribution is 7.92. The second-order valence-corrected chi connectivity index (χ2v) is 14.1. The van der Waals surface area contributed by atoms with Gasteiger partial charge in [-0.15, -0.1) is 0 Å². The lowest BCUT2D eigenvalue weighted by Crippen LogP contribution is -2.53. The van der Waals surface area contributed by atoms with Crippen LogP contribution >= 0.6 is 23.2 Å². The Hall–Kier alpha value is -3.92. The molecule has 0 aliphatic heterocycles. The molecule has 0 aliphatic rings. The molecule has 1 N–H and O–H groups in total. The lowest BCUT2D eigenvalue weighted by Gasteiger charge is -2.34. The standard InChI is InChI=1S/C35H36Cl2FN3O4S/c1-24(2)21-39-35(43)33(17-26-9-5-4-6-10-26)40(22-27-11-7-8-12-32(27)38)34(42)23-41(30-19-28(36)18-29(37)20-30)46(44,45)31-15-13-25(3)14-16-31/h4-16,18-20,24,33H,17,21-23H2,1-3H3,(H,39,43)/t33-/m0/s1. The monoisotopic (exact) mass is 683 g/mol. The third-order valence-electron chi connectivity index (χ3n) is 7.28. The van der Waals surface area contributed by atoms with Crippen molar-refractivity contribution in [3.8, 4) is 0 Å². The molecule has 0 aliphatic carbocycles. The van der Waals surface area contributed by atoms with Crippen molar-refractivity contribution in [2.45, 2.75) is 44.7 Å². The Morgan fingerprint density at radius 3 is 2.09 bits per heavy atom. The zero-order valence-electron chi connectivity index (χ0n) is 25.8. The second-order valence-electron chi connectivity index (χ2n) is 11.4. The van der Waals surface area contributed by atoms with E-state index in [1.807, 2.05) is 51.1 Å². The van der Waals surface area contributed by atoms with Gasteiger partial charge in [0, 0.05) is 35.1 Å². The minimum Gasteiger partial charge on any atom is -0.354 e. The summed E-state index contributed by atoms with van der Waals surface area (Å²) in [6.45, 7) is 5.06. The van der Waals surface area contributed by atoms with Crippen molar-refractivity contribution in [2.75, 3.05) is 17.4 Å². The lowest BCUT2D eigenvalue weighted by molar-refractivity contribution is -0.140. The van der Waals surface area contributed by atoms with Crippen LogP contribution in [-0.4, -0.2) is 44.3 Å². The van der Waals surface area contributed by atoms with Gasteiger partial charge < -0.3 is 10.2 Å². The molecule has 0 fully saturated rings. The van der Waals surface area contributed by atoms with E-state index in [1.165, 1.54) is 53.4 Å². The van der Waals surface area contributed by atoms with E-state index in [0.29, 0.717) is 6.54 Å². The Morgan fingerprint density at radius 1 is 0.870 bits per heavy atom. The van der Waals surface area contributed by atoms with Crippen molar-refractivity contribution in [3.63, 3.8) is 0 Å². The summed E-state index contributed by atoms with van der Waals surface area (Å²) < 4.78 is 44.2. The normalized spacial score (nSPS) is 12.1. The highest BCUT2D eigenvalue weighted by Crippen LogP contribution is 2.30. The summed E-state index contributed by atoms with van der Waals surface area (Å²) in [6, 6.07) is 24.4. The van der Waals surface area contributed by atoms with E-state index >= 15 is 4.39 Å². The number of hydrogen-bond donors (Lipinski definition) is 1. The van der Waals surface area contributed by atoms with Crippen molar-refractivity contribution in [3.05, 3.63) is 130 Å². The van der Waals surface area contributed by atoms with Crippen molar-refractivity contribution < 1.29 is 22.4 Å². The summed E-state index contributed by atoms with van der Waals surface area (Å²) in [5.41, 5.74) is 1.84. The van der Waals surface area contributed by atoms with Crippen LogP contribution in [0.1, 0.15) is 30.5 Å². The molecule has 0 aromatic heterocycles. The first-order valence-electron chi connectivity index (χ1n) is 14.7. The maximum Gasteiger partial charge on any atom is 0.264 e. The number of amides is 2. The number of carbonyl (C=O) groups is 2. The van der Waals surface area contributed by atoms with Gasteiger partial charge in [-0.25, -0.2) is 12.8 Å². The van der Waals surface area contributed by atoms with E-state index in [1.54, 1.807) is 18.2 Å². The molecule has 0 spiro atoms. The predicted octanol–water partition coefficient (Wildman–Crippen LogP) is 7.05. The summed E-state index contributed by atoms with van der Waals surface area (Å²) in [5, 5.41) is 3.23. The number of anilines is 1. The highest BCUT2D eigenvalue weighted by Gasteiger charge is 2.35. The zero-order chi connectivity index (χ0) is 33.4. The van der Waals surface area contributed by atoms with Crippen LogP contribution in [0, 0.1) is 18.7 Å². The number of nitrogens with zero attached hydrogens (tertiary/aromatic N) is 2. The van der Waals surface area contributed by atoms with Crippen LogP contribution in [0.3, 0.4) is 0 Å². The summed E-state index contributed by atoms with van der Waals surface area (Å²) in [7, 11) is -4.35. The molecule has 11 heteroatoms. The van der Waals surface area contributed by atoms with Crippen molar-refractivity contribution >= 4 is 50.7 Å². The summed E-state index contributed by atoms with van der Waals surface area (Å²) in [6.07, 6.45) is 0.110. The maximum atomic E-state index is 15.0. The van der Waals surface area contributed by atoms with Gasteiger partial charge in [-0.1, -0.05) is 103 Å². The SMILES string of the molecule is Cc1ccc(S(=O)(=O)N(CC(=O)N(Cc2ccccc2F)[C@@H](Cc2ccccc2)C(=O)NCC(C)C)c2cc(Cl)cc(Cl)c2)cc1. The first-order chi connectivity index (χ1) is 21.8. The fraction of sp³-hybridized carbons (Fsp3) is 0.257.